The lowest BCUT2D eigenvalue weighted by Gasteiger charge is -2.26. The fraction of sp³-hybridized carbons (Fsp3) is 0.333. The van der Waals surface area contributed by atoms with E-state index in [4.69, 9.17) is 5.73 Å². The van der Waals surface area contributed by atoms with Crippen LogP contribution < -0.4 is 5.73 Å². The maximum Gasteiger partial charge on any atom is 0.0371 e. The zero-order valence-electron chi connectivity index (χ0n) is 11.3. The summed E-state index contributed by atoms with van der Waals surface area (Å²) < 4.78 is 1.03. The van der Waals surface area contributed by atoms with Crippen LogP contribution in [0.3, 0.4) is 0 Å². The van der Waals surface area contributed by atoms with Gasteiger partial charge in [0, 0.05) is 34.2 Å². The van der Waals surface area contributed by atoms with Gasteiger partial charge in [0.05, 0.1) is 0 Å². The van der Waals surface area contributed by atoms with Crippen molar-refractivity contribution in [2.75, 3.05) is 5.73 Å². The third-order valence-electron chi connectivity index (χ3n) is 3.15. The molecule has 0 aliphatic heterocycles. The van der Waals surface area contributed by atoms with E-state index in [0.29, 0.717) is 6.04 Å². The minimum atomic E-state index is 0.491. The van der Waals surface area contributed by atoms with Gasteiger partial charge in [-0.05, 0) is 43.0 Å². The molecule has 1 aromatic carbocycles. The largest absolute Gasteiger partial charge is 0.398 e. The zero-order valence-corrected chi connectivity index (χ0v) is 13.7. The van der Waals surface area contributed by atoms with E-state index in [1.165, 1.54) is 10.4 Å². The number of nitrogen functional groups attached to an aromatic ring is 1. The first-order valence-corrected chi connectivity index (χ1v) is 8.04. The van der Waals surface area contributed by atoms with Crippen LogP contribution in [0, 0.1) is 0 Å². The van der Waals surface area contributed by atoms with Gasteiger partial charge in [0.25, 0.3) is 0 Å². The molecule has 0 atom stereocenters. The number of nitrogens with zero attached hydrogens (tertiary/aromatic N) is 1. The molecule has 102 valence electrons. The number of hydrogen-bond acceptors (Lipinski definition) is 3. The van der Waals surface area contributed by atoms with Gasteiger partial charge in [0.15, 0.2) is 0 Å². The average Bonchev–Trinajstić information content (AvgIpc) is 2.84. The maximum absolute atomic E-state index is 6.09. The molecule has 0 aliphatic carbocycles. The summed E-state index contributed by atoms with van der Waals surface area (Å²) >= 11 is 5.25. The van der Waals surface area contributed by atoms with E-state index in [1.54, 1.807) is 11.3 Å². The second-order valence-corrected chi connectivity index (χ2v) is 6.87. The quantitative estimate of drug-likeness (QED) is 0.813. The fourth-order valence-corrected chi connectivity index (χ4v) is 3.06. The van der Waals surface area contributed by atoms with E-state index in [-0.39, 0.29) is 0 Å². The van der Waals surface area contributed by atoms with Crippen LogP contribution in [-0.2, 0) is 13.1 Å². The highest BCUT2D eigenvalue weighted by Crippen LogP contribution is 2.22. The Kier molecular flexibility index (Phi) is 5.02. The number of benzene rings is 1. The van der Waals surface area contributed by atoms with Crippen LogP contribution in [0.4, 0.5) is 5.69 Å². The first-order chi connectivity index (χ1) is 9.06. The number of thiophene rings is 1. The van der Waals surface area contributed by atoms with Crippen molar-refractivity contribution < 1.29 is 0 Å². The van der Waals surface area contributed by atoms with Gasteiger partial charge in [-0.1, -0.05) is 28.1 Å². The Morgan fingerprint density at radius 2 is 2.05 bits per heavy atom. The molecule has 0 radical (unpaired) electrons. The van der Waals surface area contributed by atoms with E-state index in [1.807, 2.05) is 6.07 Å². The second kappa shape index (κ2) is 6.55. The standard InChI is InChI=1S/C15H19BrN2S/c1-11(2)18(10-14-4-3-7-19-14)9-12-5-6-13(16)8-15(12)17/h3-8,11H,9-10,17H2,1-2H3. The Bertz CT molecular complexity index is 523. The molecular weight excluding hydrogens is 320 g/mol. The van der Waals surface area contributed by atoms with E-state index >= 15 is 0 Å². The van der Waals surface area contributed by atoms with E-state index in [0.717, 1.165) is 23.2 Å². The summed E-state index contributed by atoms with van der Waals surface area (Å²) in [6.45, 7) is 6.31. The Labute approximate surface area is 127 Å². The molecule has 0 bridgehead atoms. The monoisotopic (exact) mass is 338 g/mol. The van der Waals surface area contributed by atoms with E-state index < -0.39 is 0 Å². The zero-order chi connectivity index (χ0) is 13.8. The predicted molar refractivity (Wildman–Crippen MR) is 87.3 cm³/mol. The van der Waals surface area contributed by atoms with Gasteiger partial charge in [0.2, 0.25) is 0 Å². The highest BCUT2D eigenvalue weighted by atomic mass is 79.9. The molecule has 19 heavy (non-hydrogen) atoms. The van der Waals surface area contributed by atoms with Crippen LogP contribution in [0.1, 0.15) is 24.3 Å². The van der Waals surface area contributed by atoms with Crippen molar-refractivity contribution >= 4 is 33.0 Å². The fourth-order valence-electron chi connectivity index (χ4n) is 1.95. The predicted octanol–water partition coefficient (Wildman–Crippen LogP) is 4.50. The molecule has 0 amide bonds. The van der Waals surface area contributed by atoms with Crippen molar-refractivity contribution in [1.82, 2.24) is 4.90 Å². The van der Waals surface area contributed by atoms with Crippen molar-refractivity contribution in [2.45, 2.75) is 33.0 Å². The summed E-state index contributed by atoms with van der Waals surface area (Å²) in [5.74, 6) is 0. The summed E-state index contributed by atoms with van der Waals surface area (Å²) in [5, 5.41) is 2.13. The molecule has 0 saturated heterocycles. The lowest BCUT2D eigenvalue weighted by atomic mass is 10.1. The van der Waals surface area contributed by atoms with Crippen molar-refractivity contribution in [3.63, 3.8) is 0 Å². The molecule has 2 rings (SSSR count). The molecule has 4 heteroatoms. The minimum absolute atomic E-state index is 0.491. The van der Waals surface area contributed by atoms with Crippen LogP contribution in [0.15, 0.2) is 40.2 Å². The van der Waals surface area contributed by atoms with Gasteiger partial charge in [-0.2, -0.15) is 0 Å². The number of rotatable bonds is 5. The number of hydrogen-bond donors (Lipinski definition) is 1. The summed E-state index contributed by atoms with van der Waals surface area (Å²) in [6, 6.07) is 10.9. The molecule has 1 heterocycles. The third kappa shape index (κ3) is 4.06. The van der Waals surface area contributed by atoms with Gasteiger partial charge >= 0.3 is 0 Å². The summed E-state index contributed by atoms with van der Waals surface area (Å²) in [4.78, 5) is 3.83. The summed E-state index contributed by atoms with van der Waals surface area (Å²) in [6.07, 6.45) is 0. The summed E-state index contributed by atoms with van der Waals surface area (Å²) in [7, 11) is 0. The first-order valence-electron chi connectivity index (χ1n) is 6.36. The molecule has 2 aromatic rings. The number of anilines is 1. The van der Waals surface area contributed by atoms with Crippen LogP contribution in [0.5, 0.6) is 0 Å². The molecule has 0 unspecified atom stereocenters. The van der Waals surface area contributed by atoms with Crippen LogP contribution in [0.25, 0.3) is 0 Å². The molecule has 0 saturated carbocycles. The molecule has 2 N–H and O–H groups in total. The first kappa shape index (κ1) is 14.6. The molecular formula is C15H19BrN2S. The third-order valence-corrected chi connectivity index (χ3v) is 4.51. The SMILES string of the molecule is CC(C)N(Cc1cccs1)Cc1ccc(Br)cc1N. The molecule has 0 spiro atoms. The Morgan fingerprint density at radius 1 is 1.26 bits per heavy atom. The van der Waals surface area contributed by atoms with Gasteiger partial charge in [-0.3, -0.25) is 4.90 Å². The molecule has 2 nitrogen and oxygen atoms in total. The van der Waals surface area contributed by atoms with Gasteiger partial charge in [-0.15, -0.1) is 11.3 Å². The second-order valence-electron chi connectivity index (χ2n) is 4.92. The maximum atomic E-state index is 6.09. The Hall–Kier alpha value is -0.840. The molecule has 0 fully saturated rings. The van der Waals surface area contributed by atoms with Gasteiger partial charge in [0.1, 0.15) is 0 Å². The minimum Gasteiger partial charge on any atom is -0.398 e. The summed E-state index contributed by atoms with van der Waals surface area (Å²) in [5.41, 5.74) is 8.13. The molecule has 0 aliphatic rings. The lowest BCUT2D eigenvalue weighted by molar-refractivity contribution is 0.206. The Balaban J connectivity index is 2.12. The lowest BCUT2D eigenvalue weighted by Crippen LogP contribution is -2.29. The van der Waals surface area contributed by atoms with Gasteiger partial charge in [-0.25, -0.2) is 0 Å². The van der Waals surface area contributed by atoms with Crippen LogP contribution >= 0.6 is 27.3 Å². The van der Waals surface area contributed by atoms with Crippen LogP contribution in [0.2, 0.25) is 0 Å². The Morgan fingerprint density at radius 3 is 2.63 bits per heavy atom. The van der Waals surface area contributed by atoms with E-state index in [9.17, 15) is 0 Å². The highest BCUT2D eigenvalue weighted by molar-refractivity contribution is 9.10. The number of nitrogens with two attached hydrogens (primary N) is 1. The van der Waals surface area contributed by atoms with Crippen molar-refractivity contribution in [3.05, 3.63) is 50.6 Å². The smallest absolute Gasteiger partial charge is 0.0371 e. The van der Waals surface area contributed by atoms with Crippen molar-refractivity contribution in [1.29, 1.82) is 0 Å². The van der Waals surface area contributed by atoms with Gasteiger partial charge < -0.3 is 5.73 Å². The average molecular weight is 339 g/mol. The van der Waals surface area contributed by atoms with Crippen LogP contribution in [-0.4, -0.2) is 10.9 Å². The van der Waals surface area contributed by atoms with Crippen molar-refractivity contribution in [3.8, 4) is 0 Å². The molecule has 1 aromatic heterocycles. The van der Waals surface area contributed by atoms with Crippen molar-refractivity contribution in [2.24, 2.45) is 0 Å². The highest BCUT2D eigenvalue weighted by Gasteiger charge is 2.13. The van der Waals surface area contributed by atoms with E-state index in [2.05, 4.69) is 64.3 Å². The normalized spacial score (nSPS) is 11.4. The topological polar surface area (TPSA) is 29.3 Å². The number of halogens is 1.